The van der Waals surface area contributed by atoms with Crippen molar-refractivity contribution in [2.24, 2.45) is 0 Å². The molecule has 0 radical (unpaired) electrons. The Labute approximate surface area is 115 Å². The second-order valence-corrected chi connectivity index (χ2v) is 5.36. The van der Waals surface area contributed by atoms with Crippen LogP contribution in [0.4, 0.5) is 4.79 Å². The minimum Gasteiger partial charge on any atom is -0.444 e. The quantitative estimate of drug-likeness (QED) is 0.884. The van der Waals surface area contributed by atoms with Crippen LogP contribution in [0.25, 0.3) is 6.08 Å². The molecule has 1 aromatic carbocycles. The van der Waals surface area contributed by atoms with E-state index in [1.54, 1.807) is 0 Å². The third-order valence-corrected chi connectivity index (χ3v) is 2.41. The Kier molecular flexibility index (Phi) is 5.61. The summed E-state index contributed by atoms with van der Waals surface area (Å²) in [6, 6.07) is 8.01. The number of hydrogen-bond donors (Lipinski definition) is 1. The van der Waals surface area contributed by atoms with E-state index in [4.69, 9.17) is 4.74 Å². The second-order valence-electron chi connectivity index (χ2n) is 5.36. The molecule has 0 aliphatic heterocycles. The summed E-state index contributed by atoms with van der Waals surface area (Å²) in [5.41, 5.74) is 1.74. The lowest BCUT2D eigenvalue weighted by Crippen LogP contribution is -2.32. The molecule has 0 saturated carbocycles. The summed E-state index contributed by atoms with van der Waals surface area (Å²) in [7, 11) is 0. The highest BCUT2D eigenvalue weighted by Crippen LogP contribution is 2.12. The molecule has 0 aliphatic rings. The van der Waals surface area contributed by atoms with E-state index >= 15 is 0 Å². The fourth-order valence-corrected chi connectivity index (χ4v) is 1.58. The molecule has 0 aliphatic carbocycles. The predicted molar refractivity (Wildman–Crippen MR) is 78.8 cm³/mol. The van der Waals surface area contributed by atoms with E-state index in [0.29, 0.717) is 6.54 Å². The smallest absolute Gasteiger partial charge is 0.407 e. The Hall–Kier alpha value is -1.77. The van der Waals surface area contributed by atoms with Crippen molar-refractivity contribution < 1.29 is 9.53 Å². The van der Waals surface area contributed by atoms with Gasteiger partial charge in [0.15, 0.2) is 0 Å². The van der Waals surface area contributed by atoms with Gasteiger partial charge in [0.25, 0.3) is 0 Å². The van der Waals surface area contributed by atoms with Crippen LogP contribution in [-0.2, 0) is 11.3 Å². The molecule has 0 unspecified atom stereocenters. The van der Waals surface area contributed by atoms with Crippen LogP contribution < -0.4 is 5.32 Å². The predicted octanol–water partition coefficient (Wildman–Crippen LogP) is 4.13. The van der Waals surface area contributed by atoms with Crippen molar-refractivity contribution in [2.45, 2.75) is 46.3 Å². The van der Waals surface area contributed by atoms with Crippen LogP contribution in [0.1, 0.15) is 45.2 Å². The van der Waals surface area contributed by atoms with E-state index in [9.17, 15) is 4.79 Å². The molecular weight excluding hydrogens is 238 g/mol. The van der Waals surface area contributed by atoms with Gasteiger partial charge in [0.05, 0.1) is 0 Å². The van der Waals surface area contributed by atoms with Crippen LogP contribution >= 0.6 is 0 Å². The third kappa shape index (κ3) is 6.09. The Morgan fingerprint density at radius 1 is 1.32 bits per heavy atom. The number of hydrogen-bond acceptors (Lipinski definition) is 2. The van der Waals surface area contributed by atoms with Crippen molar-refractivity contribution in [1.82, 2.24) is 5.32 Å². The first-order chi connectivity index (χ1) is 8.92. The molecule has 0 spiro atoms. The molecule has 0 saturated heterocycles. The van der Waals surface area contributed by atoms with E-state index in [1.165, 1.54) is 0 Å². The van der Waals surface area contributed by atoms with Crippen molar-refractivity contribution in [1.29, 1.82) is 0 Å². The van der Waals surface area contributed by atoms with E-state index in [2.05, 4.69) is 24.4 Å². The summed E-state index contributed by atoms with van der Waals surface area (Å²) in [5, 5.41) is 2.78. The summed E-state index contributed by atoms with van der Waals surface area (Å²) >= 11 is 0. The van der Waals surface area contributed by atoms with Crippen LogP contribution in [0.15, 0.2) is 30.3 Å². The molecular formula is C16H23NO2. The highest BCUT2D eigenvalue weighted by Gasteiger charge is 2.15. The largest absolute Gasteiger partial charge is 0.444 e. The first-order valence-corrected chi connectivity index (χ1v) is 6.63. The first kappa shape index (κ1) is 15.3. The molecule has 3 nitrogen and oxygen atoms in total. The van der Waals surface area contributed by atoms with Gasteiger partial charge in [-0.05, 0) is 38.3 Å². The number of carbonyl (C=O) groups excluding carboxylic acids is 1. The highest BCUT2D eigenvalue weighted by atomic mass is 16.6. The lowest BCUT2D eigenvalue weighted by atomic mass is 10.1. The van der Waals surface area contributed by atoms with E-state index in [0.717, 1.165) is 17.5 Å². The zero-order valence-electron chi connectivity index (χ0n) is 12.2. The number of carbonyl (C=O) groups is 1. The van der Waals surface area contributed by atoms with Crippen molar-refractivity contribution in [3.8, 4) is 0 Å². The number of nitrogens with one attached hydrogen (secondary N) is 1. The maximum atomic E-state index is 11.6. The van der Waals surface area contributed by atoms with Gasteiger partial charge in [-0.25, -0.2) is 4.79 Å². The number of amides is 1. The Balaban J connectivity index is 2.62. The third-order valence-electron chi connectivity index (χ3n) is 2.41. The highest BCUT2D eigenvalue weighted by molar-refractivity contribution is 5.68. The molecule has 104 valence electrons. The number of benzene rings is 1. The molecule has 0 fully saturated rings. The van der Waals surface area contributed by atoms with Crippen molar-refractivity contribution >= 4 is 12.2 Å². The fraction of sp³-hybridized carbons (Fsp3) is 0.438. The van der Waals surface area contributed by atoms with Crippen molar-refractivity contribution in [2.75, 3.05) is 0 Å². The topological polar surface area (TPSA) is 38.3 Å². The average molecular weight is 261 g/mol. The zero-order chi connectivity index (χ0) is 14.3. The summed E-state index contributed by atoms with van der Waals surface area (Å²) in [5.74, 6) is 0. The van der Waals surface area contributed by atoms with Gasteiger partial charge in [-0.15, -0.1) is 0 Å². The molecule has 1 N–H and O–H groups in total. The fourth-order valence-electron chi connectivity index (χ4n) is 1.58. The molecule has 1 amide bonds. The molecule has 0 bridgehead atoms. The first-order valence-electron chi connectivity index (χ1n) is 6.63. The summed E-state index contributed by atoms with van der Waals surface area (Å²) in [6.07, 6.45) is 4.79. The van der Waals surface area contributed by atoms with E-state index in [1.807, 2.05) is 45.0 Å². The van der Waals surface area contributed by atoms with Crippen LogP contribution in [0, 0.1) is 0 Å². The molecule has 0 atom stereocenters. The van der Waals surface area contributed by atoms with Crippen LogP contribution in [-0.4, -0.2) is 11.7 Å². The number of allylic oxidation sites excluding steroid dienone is 1. The molecule has 19 heavy (non-hydrogen) atoms. The Bertz CT molecular complexity index is 444. The second kappa shape index (κ2) is 6.98. The minimum absolute atomic E-state index is 0.387. The number of alkyl carbamates (subject to hydrolysis) is 1. The molecule has 1 aromatic rings. The Morgan fingerprint density at radius 2 is 2.00 bits per heavy atom. The lowest BCUT2D eigenvalue weighted by molar-refractivity contribution is 0.0523. The van der Waals surface area contributed by atoms with Crippen molar-refractivity contribution in [3.05, 3.63) is 41.5 Å². The summed E-state index contributed by atoms with van der Waals surface area (Å²) < 4.78 is 5.21. The summed E-state index contributed by atoms with van der Waals surface area (Å²) in [4.78, 5) is 11.6. The van der Waals surface area contributed by atoms with Crippen LogP contribution in [0.3, 0.4) is 0 Å². The van der Waals surface area contributed by atoms with Crippen molar-refractivity contribution in [3.63, 3.8) is 0 Å². The molecule has 0 heterocycles. The van der Waals surface area contributed by atoms with Gasteiger partial charge in [-0.3, -0.25) is 0 Å². The van der Waals surface area contributed by atoms with Gasteiger partial charge in [0.2, 0.25) is 0 Å². The van der Waals surface area contributed by atoms with Gasteiger partial charge >= 0.3 is 6.09 Å². The summed E-state index contributed by atoms with van der Waals surface area (Å²) in [6.45, 7) is 8.12. The monoisotopic (exact) mass is 261 g/mol. The minimum atomic E-state index is -0.467. The van der Waals surface area contributed by atoms with Gasteiger partial charge in [-0.1, -0.05) is 43.3 Å². The van der Waals surface area contributed by atoms with Crippen LogP contribution in [0.2, 0.25) is 0 Å². The lowest BCUT2D eigenvalue weighted by Gasteiger charge is -2.19. The zero-order valence-corrected chi connectivity index (χ0v) is 12.2. The standard InChI is InChI=1S/C16H23NO2/c1-5-6-9-13-10-7-8-11-14(13)12-17-15(18)19-16(2,3)4/h6-11H,5,12H2,1-4H3,(H,17,18)/b9-6+. The number of rotatable bonds is 4. The SMILES string of the molecule is CC/C=C/c1ccccc1CNC(=O)OC(C)(C)C. The maximum absolute atomic E-state index is 11.6. The Morgan fingerprint density at radius 3 is 2.63 bits per heavy atom. The normalized spacial score (nSPS) is 11.6. The van der Waals surface area contributed by atoms with Gasteiger partial charge in [-0.2, -0.15) is 0 Å². The molecule has 3 heteroatoms. The maximum Gasteiger partial charge on any atom is 0.407 e. The van der Waals surface area contributed by atoms with Gasteiger partial charge < -0.3 is 10.1 Å². The van der Waals surface area contributed by atoms with E-state index in [-0.39, 0.29) is 6.09 Å². The van der Waals surface area contributed by atoms with Gasteiger partial charge in [0.1, 0.15) is 5.60 Å². The molecule has 0 aromatic heterocycles. The average Bonchev–Trinajstić information content (AvgIpc) is 2.32. The van der Waals surface area contributed by atoms with Gasteiger partial charge in [0, 0.05) is 6.54 Å². The number of ether oxygens (including phenoxy) is 1. The van der Waals surface area contributed by atoms with Crippen LogP contribution in [0.5, 0.6) is 0 Å². The van der Waals surface area contributed by atoms with E-state index < -0.39 is 5.60 Å². The molecule has 1 rings (SSSR count).